The van der Waals surface area contributed by atoms with Crippen LogP contribution in [0, 0.1) is 0 Å². The Hall–Kier alpha value is -1.17. The molecule has 0 spiro atoms. The van der Waals surface area contributed by atoms with Gasteiger partial charge in [0.15, 0.2) is 0 Å². The molecule has 0 bridgehead atoms. The van der Waals surface area contributed by atoms with E-state index in [0.717, 1.165) is 25.2 Å². The van der Waals surface area contributed by atoms with E-state index in [1.807, 2.05) is 5.38 Å². The zero-order chi connectivity index (χ0) is 14.4. The van der Waals surface area contributed by atoms with Crippen molar-refractivity contribution >= 4 is 23.4 Å². The number of carboxylic acid groups (broad SMARTS) is 1. The summed E-state index contributed by atoms with van der Waals surface area (Å²) >= 11 is 1.69. The van der Waals surface area contributed by atoms with Crippen molar-refractivity contribution in [2.45, 2.75) is 19.4 Å². The standard InChI is InChI=1S/C15H22N2O2S/c1-16(8-9-17-6-2-3-7-17)11-14-10-13(12-20-14)4-5-15(18)19/h4-5,10,12H,2-3,6-9,11H2,1H3,(H,18,19). The highest BCUT2D eigenvalue weighted by molar-refractivity contribution is 7.10. The van der Waals surface area contributed by atoms with Crippen molar-refractivity contribution in [1.82, 2.24) is 9.80 Å². The van der Waals surface area contributed by atoms with Crippen LogP contribution >= 0.6 is 11.3 Å². The number of carbonyl (C=O) groups is 1. The number of likely N-dealkylation sites (N-methyl/N-ethyl adjacent to an activating group) is 1. The third kappa shape index (κ3) is 5.07. The molecule has 1 aliphatic rings. The average molecular weight is 294 g/mol. The molecule has 1 aliphatic heterocycles. The summed E-state index contributed by atoms with van der Waals surface area (Å²) in [6.45, 7) is 5.65. The molecule has 1 N–H and O–H groups in total. The van der Waals surface area contributed by atoms with Gasteiger partial charge in [-0.2, -0.15) is 0 Å². The lowest BCUT2D eigenvalue weighted by molar-refractivity contribution is -0.131. The Bertz CT molecular complexity index is 464. The second-order valence-electron chi connectivity index (χ2n) is 5.30. The minimum absolute atomic E-state index is 0.902. The molecular weight excluding hydrogens is 272 g/mol. The number of aliphatic carboxylic acids is 1. The highest BCUT2D eigenvalue weighted by Gasteiger charge is 2.12. The predicted octanol–water partition coefficient (Wildman–Crippen LogP) is 2.37. The summed E-state index contributed by atoms with van der Waals surface area (Å²) in [5, 5.41) is 10.6. The minimum atomic E-state index is -0.902. The van der Waals surface area contributed by atoms with Crippen LogP contribution in [0.5, 0.6) is 0 Å². The first kappa shape index (κ1) is 15.2. The van der Waals surface area contributed by atoms with Crippen LogP contribution in [0.2, 0.25) is 0 Å². The number of rotatable bonds is 7. The van der Waals surface area contributed by atoms with E-state index in [2.05, 4.69) is 22.9 Å². The number of nitrogens with zero attached hydrogens (tertiary/aromatic N) is 2. The zero-order valence-electron chi connectivity index (χ0n) is 11.9. The Kier molecular flexibility index (Phi) is 5.76. The lowest BCUT2D eigenvalue weighted by atomic mass is 10.3. The van der Waals surface area contributed by atoms with Crippen molar-refractivity contribution in [3.63, 3.8) is 0 Å². The van der Waals surface area contributed by atoms with Crippen LogP contribution in [0.15, 0.2) is 17.5 Å². The molecule has 0 atom stereocenters. The van der Waals surface area contributed by atoms with E-state index in [0.29, 0.717) is 0 Å². The van der Waals surface area contributed by atoms with Gasteiger partial charge in [0, 0.05) is 30.6 Å². The summed E-state index contributed by atoms with van der Waals surface area (Å²) in [5.41, 5.74) is 0.973. The molecular formula is C15H22N2O2S. The molecule has 0 aliphatic carbocycles. The van der Waals surface area contributed by atoms with Gasteiger partial charge in [-0.25, -0.2) is 4.79 Å². The Balaban J connectivity index is 1.75. The summed E-state index contributed by atoms with van der Waals surface area (Å²) < 4.78 is 0. The third-order valence-electron chi connectivity index (χ3n) is 3.51. The number of carboxylic acids is 1. The first-order valence-corrected chi connectivity index (χ1v) is 7.91. The van der Waals surface area contributed by atoms with Crippen LogP contribution in [-0.4, -0.2) is 54.1 Å². The molecule has 1 fully saturated rings. The van der Waals surface area contributed by atoms with Crippen molar-refractivity contribution in [1.29, 1.82) is 0 Å². The highest BCUT2D eigenvalue weighted by Crippen LogP contribution is 2.17. The first-order chi connectivity index (χ1) is 9.63. The summed E-state index contributed by atoms with van der Waals surface area (Å²) in [4.78, 5) is 16.6. The molecule has 110 valence electrons. The van der Waals surface area contributed by atoms with Crippen molar-refractivity contribution in [3.8, 4) is 0 Å². The normalized spacial score (nSPS) is 16.5. The van der Waals surface area contributed by atoms with E-state index >= 15 is 0 Å². The minimum Gasteiger partial charge on any atom is -0.478 e. The van der Waals surface area contributed by atoms with Gasteiger partial charge in [-0.15, -0.1) is 11.3 Å². The van der Waals surface area contributed by atoms with Crippen LogP contribution in [0.3, 0.4) is 0 Å². The van der Waals surface area contributed by atoms with Gasteiger partial charge in [0.2, 0.25) is 0 Å². The lowest BCUT2D eigenvalue weighted by Crippen LogP contribution is -2.30. The zero-order valence-corrected chi connectivity index (χ0v) is 12.7. The Labute approximate surface area is 124 Å². The Morgan fingerprint density at radius 3 is 2.95 bits per heavy atom. The van der Waals surface area contributed by atoms with Gasteiger partial charge in [-0.1, -0.05) is 0 Å². The Morgan fingerprint density at radius 2 is 2.25 bits per heavy atom. The van der Waals surface area contributed by atoms with Crippen molar-refractivity contribution < 1.29 is 9.90 Å². The van der Waals surface area contributed by atoms with Crippen LogP contribution in [0.4, 0.5) is 0 Å². The van der Waals surface area contributed by atoms with E-state index < -0.39 is 5.97 Å². The summed E-state index contributed by atoms with van der Waals surface area (Å²) in [5.74, 6) is -0.902. The van der Waals surface area contributed by atoms with Gasteiger partial charge in [0.25, 0.3) is 0 Å². The molecule has 5 heteroatoms. The molecule has 1 saturated heterocycles. The number of thiophene rings is 1. The molecule has 0 radical (unpaired) electrons. The molecule has 1 aromatic heterocycles. The molecule has 0 unspecified atom stereocenters. The van der Waals surface area contributed by atoms with Gasteiger partial charge in [0.1, 0.15) is 0 Å². The van der Waals surface area contributed by atoms with Gasteiger partial charge < -0.3 is 14.9 Å². The van der Waals surface area contributed by atoms with E-state index in [9.17, 15) is 4.79 Å². The summed E-state index contributed by atoms with van der Waals surface area (Å²) in [6.07, 6.45) is 5.51. The fourth-order valence-corrected chi connectivity index (χ4v) is 3.33. The SMILES string of the molecule is CN(CCN1CCCC1)Cc1cc(C=CC(=O)O)cs1. The monoisotopic (exact) mass is 294 g/mol. The second kappa shape index (κ2) is 7.57. The average Bonchev–Trinajstić information content (AvgIpc) is 3.05. The highest BCUT2D eigenvalue weighted by atomic mass is 32.1. The van der Waals surface area contributed by atoms with Crippen LogP contribution in [-0.2, 0) is 11.3 Å². The molecule has 2 heterocycles. The first-order valence-electron chi connectivity index (χ1n) is 7.03. The van der Waals surface area contributed by atoms with E-state index in [1.165, 1.54) is 36.9 Å². The molecule has 4 nitrogen and oxygen atoms in total. The molecule has 0 saturated carbocycles. The molecule has 2 rings (SSSR count). The smallest absolute Gasteiger partial charge is 0.328 e. The van der Waals surface area contributed by atoms with Gasteiger partial charge in [-0.3, -0.25) is 0 Å². The van der Waals surface area contributed by atoms with Crippen LogP contribution in [0.25, 0.3) is 6.08 Å². The summed E-state index contributed by atoms with van der Waals surface area (Å²) in [7, 11) is 2.14. The Morgan fingerprint density at radius 1 is 1.50 bits per heavy atom. The molecule has 1 aromatic rings. The van der Waals surface area contributed by atoms with E-state index in [4.69, 9.17) is 5.11 Å². The number of hydrogen-bond acceptors (Lipinski definition) is 4. The maximum Gasteiger partial charge on any atom is 0.328 e. The van der Waals surface area contributed by atoms with Gasteiger partial charge in [-0.05, 0) is 56.1 Å². The van der Waals surface area contributed by atoms with E-state index in [-0.39, 0.29) is 0 Å². The predicted molar refractivity (Wildman–Crippen MR) is 83.0 cm³/mol. The lowest BCUT2D eigenvalue weighted by Gasteiger charge is -2.20. The van der Waals surface area contributed by atoms with E-state index in [1.54, 1.807) is 17.4 Å². The van der Waals surface area contributed by atoms with Crippen LogP contribution in [0.1, 0.15) is 23.3 Å². The molecule has 0 aromatic carbocycles. The van der Waals surface area contributed by atoms with Gasteiger partial charge in [0.05, 0.1) is 0 Å². The fourth-order valence-electron chi connectivity index (χ4n) is 2.40. The third-order valence-corrected chi connectivity index (χ3v) is 4.45. The number of hydrogen-bond donors (Lipinski definition) is 1. The summed E-state index contributed by atoms with van der Waals surface area (Å²) in [6, 6.07) is 2.07. The maximum atomic E-state index is 10.5. The largest absolute Gasteiger partial charge is 0.478 e. The molecule has 20 heavy (non-hydrogen) atoms. The molecule has 0 amide bonds. The quantitative estimate of drug-likeness (QED) is 0.784. The van der Waals surface area contributed by atoms with Crippen molar-refractivity contribution in [3.05, 3.63) is 28.0 Å². The topological polar surface area (TPSA) is 43.8 Å². The number of likely N-dealkylation sites (tertiary alicyclic amines) is 1. The maximum absolute atomic E-state index is 10.5. The van der Waals surface area contributed by atoms with Crippen molar-refractivity contribution in [2.75, 3.05) is 33.2 Å². The second-order valence-corrected chi connectivity index (χ2v) is 6.30. The van der Waals surface area contributed by atoms with Gasteiger partial charge >= 0.3 is 5.97 Å². The van der Waals surface area contributed by atoms with Crippen LogP contribution < -0.4 is 0 Å². The van der Waals surface area contributed by atoms with Crippen molar-refractivity contribution in [2.24, 2.45) is 0 Å². The fraction of sp³-hybridized carbons (Fsp3) is 0.533.